The van der Waals surface area contributed by atoms with Crippen LogP contribution in [0.15, 0.2) is 72.5 Å². The molecule has 0 fully saturated rings. The molecular weight excluding hydrogens is 912 g/mol. The van der Waals surface area contributed by atoms with Gasteiger partial charge in [-0.3, -0.25) is 4.79 Å². The van der Waals surface area contributed by atoms with Crippen LogP contribution in [-0.2, 0) is 53.5 Å². The number of amides is 2. The fourth-order valence-corrected chi connectivity index (χ4v) is 8.88. The summed E-state index contributed by atoms with van der Waals surface area (Å²) in [5.74, 6) is 6.15. The molecule has 0 bridgehead atoms. The largest absolute Gasteiger partial charge is 1.00 e. The van der Waals surface area contributed by atoms with Crippen LogP contribution in [0.1, 0.15) is 96.6 Å². The highest BCUT2D eigenvalue weighted by atomic mass is 35.5. The van der Waals surface area contributed by atoms with Gasteiger partial charge < -0.3 is 65.8 Å². The van der Waals surface area contributed by atoms with Crippen molar-refractivity contribution in [2.24, 2.45) is 0 Å². The molecule has 0 aromatic heterocycles. The van der Waals surface area contributed by atoms with Gasteiger partial charge in [-0.1, -0.05) is 81.0 Å². The third-order valence-electron chi connectivity index (χ3n) is 12.6. The number of fused-ring (bicyclic) bond motifs is 2. The van der Waals surface area contributed by atoms with Gasteiger partial charge in [0.05, 0.1) is 97.9 Å². The second kappa shape index (κ2) is 32.6. The highest BCUT2D eigenvalue weighted by molar-refractivity contribution is 6.03. The van der Waals surface area contributed by atoms with E-state index in [1.165, 1.54) is 33.9 Å². The average Bonchev–Trinajstić information content (AvgIpc) is 3.66. The maximum absolute atomic E-state index is 12.5. The summed E-state index contributed by atoms with van der Waals surface area (Å²) in [7, 11) is 2.16. The minimum atomic E-state index is -0.457. The quantitative estimate of drug-likeness (QED) is 0.0581. The van der Waals surface area contributed by atoms with Crippen LogP contribution in [0.4, 0.5) is 16.2 Å². The monoisotopic (exact) mass is 993 g/mol. The topological polar surface area (TPSA) is 138 Å². The smallest absolute Gasteiger partial charge is 0.408 e. The van der Waals surface area contributed by atoms with Crippen molar-refractivity contribution in [3.05, 3.63) is 83.6 Å². The molecule has 0 saturated heterocycles. The summed E-state index contributed by atoms with van der Waals surface area (Å²) in [6.07, 6.45) is 14.3. The number of hydrogen-bond donors (Lipinski definition) is 2. The van der Waals surface area contributed by atoms with Crippen molar-refractivity contribution in [3.8, 4) is 11.8 Å². The first-order chi connectivity index (χ1) is 33.6. The SMILES string of the molecule is C[N+]1=C(/C=C/C=C2/N(CCCCCC(=O)NCCOCCOCCOCCOCCOCCOCCOCCNC(=O)OC3C#CCCCCC3)c3ccccc3C2(C)C)C(C)(C)c2ccccc21.[Cl-]. The number of nitrogens with one attached hydrogen (secondary N) is 2. The van der Waals surface area contributed by atoms with Crippen molar-refractivity contribution >= 4 is 29.1 Å². The lowest BCUT2D eigenvalue weighted by atomic mass is 9.81. The normalized spacial score (nSPS) is 17.4. The van der Waals surface area contributed by atoms with Crippen molar-refractivity contribution in [3.63, 3.8) is 0 Å². The van der Waals surface area contributed by atoms with Crippen LogP contribution in [0.3, 0.4) is 0 Å². The van der Waals surface area contributed by atoms with Crippen molar-refractivity contribution in [2.75, 3.05) is 124 Å². The zero-order chi connectivity index (χ0) is 49.0. The number of para-hydroxylation sites is 2. The number of carbonyl (C=O) groups is 2. The number of unbranched alkanes of at least 4 members (excludes halogenated alkanes) is 2. The fraction of sp³-hybridized carbons (Fsp3) is 0.618. The van der Waals surface area contributed by atoms with E-state index in [1.54, 1.807) is 0 Å². The molecule has 2 heterocycles. The minimum Gasteiger partial charge on any atom is -1.00 e. The standard InChI is InChI=1S/C55H80N4O10.ClH/c1-54(2)46-21-13-15-23-48(46)58(5)50(54)25-18-26-51-55(3,4)47-22-14-16-24-49(47)59(51)30-17-9-12-27-52(60)56-28-31-62-33-35-64-37-39-66-41-43-68-44-42-67-40-38-65-36-34-63-32-29-57-53(61)69-45-19-10-7-6-8-11-20-45;/h13-16,18,21-26,45H,6-10,12,17,19,27-44H2,1-5H3,(H-,56,57,60,61);1H. The van der Waals surface area contributed by atoms with Gasteiger partial charge in [0.2, 0.25) is 11.6 Å². The lowest BCUT2D eigenvalue weighted by Gasteiger charge is -2.27. The predicted octanol–water partition coefficient (Wildman–Crippen LogP) is 4.79. The van der Waals surface area contributed by atoms with Crippen LogP contribution in [-0.4, -0.2) is 148 Å². The Balaban J connectivity index is 0.0000107. The molecule has 2 aromatic carbocycles. The van der Waals surface area contributed by atoms with Gasteiger partial charge in [0.25, 0.3) is 0 Å². The van der Waals surface area contributed by atoms with Crippen molar-refractivity contribution in [2.45, 2.75) is 102 Å². The maximum Gasteiger partial charge on any atom is 0.408 e. The van der Waals surface area contributed by atoms with Crippen LogP contribution in [0, 0.1) is 11.8 Å². The third kappa shape index (κ3) is 19.4. The van der Waals surface area contributed by atoms with Gasteiger partial charge in [-0.05, 0) is 63.7 Å². The van der Waals surface area contributed by atoms with Gasteiger partial charge >= 0.3 is 6.09 Å². The van der Waals surface area contributed by atoms with Crippen molar-refractivity contribution in [1.82, 2.24) is 10.6 Å². The lowest BCUT2D eigenvalue weighted by molar-refractivity contribution is -0.401. The summed E-state index contributed by atoms with van der Waals surface area (Å²) < 4.78 is 46.5. The van der Waals surface area contributed by atoms with Gasteiger partial charge in [-0.15, -0.1) is 0 Å². The molecule has 2 aliphatic heterocycles. The van der Waals surface area contributed by atoms with E-state index in [0.29, 0.717) is 112 Å². The van der Waals surface area contributed by atoms with Crippen LogP contribution in [0.25, 0.3) is 0 Å². The summed E-state index contributed by atoms with van der Waals surface area (Å²) in [5, 5.41) is 5.68. The highest BCUT2D eigenvalue weighted by Gasteiger charge is 2.43. The highest BCUT2D eigenvalue weighted by Crippen LogP contribution is 2.48. The molecule has 2 amide bonds. The minimum absolute atomic E-state index is 0. The molecule has 0 spiro atoms. The number of anilines is 1. The predicted molar refractivity (Wildman–Crippen MR) is 271 cm³/mol. The summed E-state index contributed by atoms with van der Waals surface area (Å²) >= 11 is 0. The van der Waals surface area contributed by atoms with E-state index in [1.807, 2.05) is 0 Å². The lowest BCUT2D eigenvalue weighted by Crippen LogP contribution is -3.00. The molecule has 3 aliphatic rings. The molecule has 1 unspecified atom stereocenters. The molecular formula is C55H81ClN4O10. The first-order valence-electron chi connectivity index (χ1n) is 25.3. The Kier molecular flexibility index (Phi) is 27.2. The fourth-order valence-electron chi connectivity index (χ4n) is 8.88. The number of hydrogen-bond acceptors (Lipinski definition) is 11. The zero-order valence-corrected chi connectivity index (χ0v) is 43.4. The number of alkyl carbamates (subject to hydrolysis) is 1. The second-order valence-electron chi connectivity index (χ2n) is 18.5. The van der Waals surface area contributed by atoms with Crippen LogP contribution in [0.5, 0.6) is 0 Å². The Morgan fingerprint density at radius 2 is 1.24 bits per heavy atom. The number of benzene rings is 2. The third-order valence-corrected chi connectivity index (χ3v) is 12.6. The van der Waals surface area contributed by atoms with E-state index in [2.05, 4.69) is 133 Å². The Hall–Kier alpha value is -4.30. The van der Waals surface area contributed by atoms with Gasteiger partial charge in [-0.2, -0.15) is 4.58 Å². The molecule has 0 radical (unpaired) electrons. The summed E-state index contributed by atoms with van der Waals surface area (Å²) in [6, 6.07) is 17.4. The molecule has 15 heteroatoms. The Bertz CT molecular complexity index is 2030. The van der Waals surface area contributed by atoms with Gasteiger partial charge in [0.1, 0.15) is 7.05 Å². The van der Waals surface area contributed by atoms with Crippen LogP contribution in [0.2, 0.25) is 0 Å². The van der Waals surface area contributed by atoms with E-state index >= 15 is 0 Å². The van der Waals surface area contributed by atoms with E-state index in [9.17, 15) is 9.59 Å². The second-order valence-corrected chi connectivity index (χ2v) is 18.5. The molecule has 2 N–H and O–H groups in total. The number of nitrogens with zero attached hydrogens (tertiary/aromatic N) is 2. The van der Waals surface area contributed by atoms with E-state index in [4.69, 9.17) is 37.9 Å². The Morgan fingerprint density at radius 1 is 0.686 bits per heavy atom. The van der Waals surface area contributed by atoms with Gasteiger partial charge in [0, 0.05) is 67.0 Å². The molecule has 0 saturated carbocycles. The molecule has 5 rings (SSSR count). The average molecular weight is 994 g/mol. The summed E-state index contributed by atoms with van der Waals surface area (Å²) in [4.78, 5) is 27.0. The Morgan fingerprint density at radius 3 is 1.86 bits per heavy atom. The van der Waals surface area contributed by atoms with E-state index in [-0.39, 0.29) is 35.2 Å². The molecule has 2 aromatic rings. The van der Waals surface area contributed by atoms with E-state index in [0.717, 1.165) is 57.9 Å². The molecule has 14 nitrogen and oxygen atoms in total. The first-order valence-corrected chi connectivity index (χ1v) is 25.3. The maximum atomic E-state index is 12.5. The number of rotatable bonds is 33. The van der Waals surface area contributed by atoms with Gasteiger partial charge in [-0.25, -0.2) is 4.79 Å². The number of halogens is 1. The van der Waals surface area contributed by atoms with Crippen LogP contribution >= 0.6 is 0 Å². The van der Waals surface area contributed by atoms with Gasteiger partial charge in [0.15, 0.2) is 11.8 Å². The number of carbonyl (C=O) groups excluding carboxylic acids is 2. The zero-order valence-electron chi connectivity index (χ0n) is 42.7. The summed E-state index contributed by atoms with van der Waals surface area (Å²) in [5.41, 5.74) is 7.64. The van der Waals surface area contributed by atoms with E-state index < -0.39 is 6.09 Å². The van der Waals surface area contributed by atoms with Crippen molar-refractivity contribution < 1.29 is 64.5 Å². The first kappa shape index (κ1) is 58.3. The molecule has 1 atom stereocenters. The summed E-state index contributed by atoms with van der Waals surface area (Å²) in [6.45, 7) is 17.4. The molecule has 70 heavy (non-hydrogen) atoms. The molecule has 388 valence electrons. The van der Waals surface area contributed by atoms with Crippen molar-refractivity contribution in [1.29, 1.82) is 0 Å². The number of ether oxygens (including phenoxy) is 8. The molecule has 1 aliphatic carbocycles. The Labute approximate surface area is 424 Å². The van der Waals surface area contributed by atoms with Crippen LogP contribution < -0.4 is 27.9 Å². The number of allylic oxidation sites excluding steroid dienone is 4.